The van der Waals surface area contributed by atoms with Gasteiger partial charge in [0.1, 0.15) is 6.23 Å². The number of phosphoric ester groups is 1. The Morgan fingerprint density at radius 2 is 1.46 bits per heavy atom. The molecule has 1 unspecified atom stereocenters. The Kier molecular flexibility index (Phi) is 4.68. The Morgan fingerprint density at radius 3 is 1.88 bits per heavy atom. The molecule has 1 saturated heterocycles. The molecule has 0 spiro atoms. The van der Waals surface area contributed by atoms with Crippen LogP contribution in [0.4, 0.5) is 4.79 Å². The van der Waals surface area contributed by atoms with Gasteiger partial charge in [0.15, 0.2) is 5.54 Å². The van der Waals surface area contributed by atoms with E-state index in [-0.39, 0.29) is 0 Å². The number of benzene rings is 2. The van der Waals surface area contributed by atoms with Crippen LogP contribution in [0.15, 0.2) is 60.7 Å². The molecule has 0 saturated carbocycles. The zero-order valence-corrected chi connectivity index (χ0v) is 14.7. The van der Waals surface area contributed by atoms with E-state index in [0.717, 1.165) is 0 Å². The van der Waals surface area contributed by atoms with E-state index < -0.39 is 31.5 Å². The summed E-state index contributed by atoms with van der Waals surface area (Å²) in [5, 5.41) is 2.67. The van der Waals surface area contributed by atoms with Gasteiger partial charge in [0.05, 0.1) is 0 Å². The van der Waals surface area contributed by atoms with Gasteiger partial charge in [0.25, 0.3) is 5.91 Å². The molecule has 2 aromatic rings. The Bertz CT molecular complexity index is 828. The first-order valence-electron chi connectivity index (χ1n) is 7.76. The summed E-state index contributed by atoms with van der Waals surface area (Å²) < 4.78 is 15.7. The number of urea groups is 1. The third kappa shape index (κ3) is 3.15. The maximum atomic E-state index is 13.3. The molecule has 1 heterocycles. The van der Waals surface area contributed by atoms with E-state index in [4.69, 9.17) is 9.79 Å². The lowest BCUT2D eigenvalue weighted by Crippen LogP contribution is -2.46. The van der Waals surface area contributed by atoms with Crippen molar-refractivity contribution in [1.82, 2.24) is 10.2 Å². The Balaban J connectivity index is 2.11. The van der Waals surface area contributed by atoms with Crippen LogP contribution >= 0.6 is 7.82 Å². The second-order valence-electron chi connectivity index (χ2n) is 5.78. The van der Waals surface area contributed by atoms with Crippen LogP contribution in [-0.2, 0) is 19.4 Å². The standard InChI is InChI=1S/C17H17N2O6P/c1-12(25-26(22,23)24)19-15(20)17(18-16(19)21,13-8-4-2-5-9-13)14-10-6-3-7-11-14/h2-12H,1H3,(H,18,21)(H2,22,23,24). The number of imide groups is 1. The van der Waals surface area contributed by atoms with Crippen molar-refractivity contribution in [3.63, 3.8) is 0 Å². The molecule has 3 amide bonds. The SMILES string of the molecule is CC(OP(=O)(O)O)N1C(=O)NC(c2ccccc2)(c2ccccc2)C1=O. The fourth-order valence-electron chi connectivity index (χ4n) is 3.06. The summed E-state index contributed by atoms with van der Waals surface area (Å²) >= 11 is 0. The van der Waals surface area contributed by atoms with Gasteiger partial charge in [-0.05, 0) is 18.1 Å². The van der Waals surface area contributed by atoms with Gasteiger partial charge < -0.3 is 15.1 Å². The summed E-state index contributed by atoms with van der Waals surface area (Å²) in [6.07, 6.45) is -1.45. The molecule has 2 aromatic carbocycles. The van der Waals surface area contributed by atoms with Gasteiger partial charge >= 0.3 is 13.9 Å². The fourth-order valence-corrected chi connectivity index (χ4v) is 3.55. The van der Waals surface area contributed by atoms with Gasteiger partial charge in [-0.15, -0.1) is 0 Å². The molecule has 3 N–H and O–H groups in total. The molecular formula is C17H17N2O6P. The fraction of sp³-hybridized carbons (Fsp3) is 0.176. The number of hydrogen-bond acceptors (Lipinski definition) is 4. The molecule has 8 nitrogen and oxygen atoms in total. The minimum Gasteiger partial charge on any atom is -0.315 e. The number of nitrogens with one attached hydrogen (secondary N) is 1. The van der Waals surface area contributed by atoms with Crippen LogP contribution in [0.3, 0.4) is 0 Å². The van der Waals surface area contributed by atoms with Crippen molar-refractivity contribution in [2.75, 3.05) is 0 Å². The van der Waals surface area contributed by atoms with E-state index in [2.05, 4.69) is 9.84 Å². The maximum Gasteiger partial charge on any atom is 0.471 e. The number of phosphoric acid groups is 1. The first kappa shape index (κ1) is 18.3. The monoisotopic (exact) mass is 376 g/mol. The summed E-state index contributed by atoms with van der Waals surface area (Å²) in [6.45, 7) is 1.22. The van der Waals surface area contributed by atoms with E-state index >= 15 is 0 Å². The highest BCUT2D eigenvalue weighted by molar-refractivity contribution is 7.46. The molecule has 0 aromatic heterocycles. The average molecular weight is 376 g/mol. The van der Waals surface area contributed by atoms with E-state index in [9.17, 15) is 14.2 Å². The molecule has 1 aliphatic rings. The molecule has 9 heteroatoms. The molecule has 26 heavy (non-hydrogen) atoms. The van der Waals surface area contributed by atoms with Crippen LogP contribution in [0, 0.1) is 0 Å². The lowest BCUT2D eigenvalue weighted by molar-refractivity contribution is -0.135. The normalized spacial score (nSPS) is 17.9. The van der Waals surface area contributed by atoms with E-state index in [1.165, 1.54) is 6.92 Å². The van der Waals surface area contributed by atoms with Crippen LogP contribution in [-0.4, -0.2) is 32.9 Å². The number of hydrogen-bond donors (Lipinski definition) is 3. The quantitative estimate of drug-likeness (QED) is 0.542. The Hall–Kier alpha value is -2.51. The molecule has 1 atom stereocenters. The van der Waals surface area contributed by atoms with Gasteiger partial charge in [-0.3, -0.25) is 9.32 Å². The van der Waals surface area contributed by atoms with E-state index in [0.29, 0.717) is 16.0 Å². The topological polar surface area (TPSA) is 116 Å². The molecule has 0 radical (unpaired) electrons. The summed E-state index contributed by atoms with van der Waals surface area (Å²) in [6, 6.07) is 16.5. The molecule has 1 fully saturated rings. The number of carbonyl (C=O) groups is 2. The third-order valence-corrected chi connectivity index (χ3v) is 4.70. The zero-order chi connectivity index (χ0) is 18.9. The van der Waals surface area contributed by atoms with Crippen molar-refractivity contribution >= 4 is 19.8 Å². The largest absolute Gasteiger partial charge is 0.471 e. The molecule has 0 aliphatic carbocycles. The summed E-state index contributed by atoms with van der Waals surface area (Å²) in [5.41, 5.74) is -0.461. The van der Waals surface area contributed by atoms with Crippen molar-refractivity contribution in [1.29, 1.82) is 0 Å². The van der Waals surface area contributed by atoms with Crippen LogP contribution in [0.2, 0.25) is 0 Å². The van der Waals surface area contributed by atoms with Gasteiger partial charge in [0, 0.05) is 0 Å². The molecule has 1 aliphatic heterocycles. The molecular weight excluding hydrogens is 359 g/mol. The van der Waals surface area contributed by atoms with Gasteiger partial charge in [-0.1, -0.05) is 60.7 Å². The van der Waals surface area contributed by atoms with Crippen LogP contribution in [0.25, 0.3) is 0 Å². The first-order valence-corrected chi connectivity index (χ1v) is 9.29. The molecule has 0 bridgehead atoms. The minimum atomic E-state index is -4.89. The maximum absolute atomic E-state index is 13.3. The van der Waals surface area contributed by atoms with Crippen LogP contribution < -0.4 is 5.32 Å². The third-order valence-electron chi connectivity index (χ3n) is 4.12. The van der Waals surface area contributed by atoms with Crippen molar-refractivity contribution < 1.29 is 28.5 Å². The zero-order valence-electron chi connectivity index (χ0n) is 13.8. The van der Waals surface area contributed by atoms with Crippen molar-refractivity contribution in [3.05, 3.63) is 71.8 Å². The summed E-state index contributed by atoms with van der Waals surface area (Å²) in [4.78, 5) is 44.5. The Labute approximate surface area is 149 Å². The lowest BCUT2D eigenvalue weighted by atomic mass is 9.82. The highest BCUT2D eigenvalue weighted by Gasteiger charge is 2.55. The van der Waals surface area contributed by atoms with Crippen molar-refractivity contribution in [3.8, 4) is 0 Å². The van der Waals surface area contributed by atoms with Gasteiger partial charge in [0.2, 0.25) is 0 Å². The second-order valence-corrected chi connectivity index (χ2v) is 6.97. The number of rotatable bonds is 5. The van der Waals surface area contributed by atoms with E-state index in [1.807, 2.05) is 0 Å². The van der Waals surface area contributed by atoms with Crippen molar-refractivity contribution in [2.45, 2.75) is 18.7 Å². The highest BCUT2D eigenvalue weighted by Crippen LogP contribution is 2.41. The average Bonchev–Trinajstić information content (AvgIpc) is 2.86. The number of carbonyl (C=O) groups excluding carboxylic acids is 2. The number of amides is 3. The predicted octanol–water partition coefficient (Wildman–Crippen LogP) is 1.94. The summed E-state index contributed by atoms with van der Waals surface area (Å²) in [7, 11) is -4.89. The van der Waals surface area contributed by atoms with Gasteiger partial charge in [-0.25, -0.2) is 14.3 Å². The summed E-state index contributed by atoms with van der Waals surface area (Å²) in [5.74, 6) is -0.680. The van der Waals surface area contributed by atoms with Crippen LogP contribution in [0.1, 0.15) is 18.1 Å². The van der Waals surface area contributed by atoms with Crippen LogP contribution in [0.5, 0.6) is 0 Å². The number of nitrogens with zero attached hydrogens (tertiary/aromatic N) is 1. The van der Waals surface area contributed by atoms with Gasteiger partial charge in [-0.2, -0.15) is 0 Å². The smallest absolute Gasteiger partial charge is 0.315 e. The van der Waals surface area contributed by atoms with E-state index in [1.54, 1.807) is 60.7 Å². The molecule has 136 valence electrons. The van der Waals surface area contributed by atoms with Crippen molar-refractivity contribution in [2.24, 2.45) is 0 Å². The minimum absolute atomic E-state index is 0.524. The molecule has 3 rings (SSSR count). The Morgan fingerprint density at radius 1 is 1.00 bits per heavy atom. The lowest BCUT2D eigenvalue weighted by Gasteiger charge is -2.29. The highest BCUT2D eigenvalue weighted by atomic mass is 31.2. The first-order chi connectivity index (χ1) is 12.3. The second kappa shape index (κ2) is 6.66. The predicted molar refractivity (Wildman–Crippen MR) is 91.6 cm³/mol.